The van der Waals surface area contributed by atoms with Crippen LogP contribution in [0, 0.1) is 11.6 Å². The Kier molecular flexibility index (Phi) is 3.93. The molecule has 0 spiro atoms. The maximum atomic E-state index is 13.8. The van der Waals surface area contributed by atoms with Crippen molar-refractivity contribution in [2.45, 2.75) is 6.04 Å². The summed E-state index contributed by atoms with van der Waals surface area (Å²) in [6.45, 7) is 0. The zero-order valence-corrected chi connectivity index (χ0v) is 10.9. The molecule has 0 aliphatic carbocycles. The molecule has 1 heterocycles. The van der Waals surface area contributed by atoms with Crippen LogP contribution in [0.4, 0.5) is 8.78 Å². The van der Waals surface area contributed by atoms with Crippen LogP contribution in [0.3, 0.4) is 0 Å². The summed E-state index contributed by atoms with van der Waals surface area (Å²) in [7, 11) is 3.30. The standard InChI is InChI=1S/C13H13F2NOS/c1-16-12(13-11(17-2)5-6-18-13)9-4-3-8(14)7-10(9)15/h3-7,12,16H,1-2H3. The van der Waals surface area contributed by atoms with Crippen molar-refractivity contribution < 1.29 is 13.5 Å². The number of nitrogens with one attached hydrogen (secondary N) is 1. The molecule has 0 aliphatic rings. The Morgan fingerprint density at radius 1 is 1.28 bits per heavy atom. The molecule has 2 nitrogen and oxygen atoms in total. The Labute approximate surface area is 108 Å². The Morgan fingerprint density at radius 2 is 2.06 bits per heavy atom. The van der Waals surface area contributed by atoms with Crippen molar-refractivity contribution in [2.75, 3.05) is 14.2 Å². The number of halogens is 2. The molecule has 0 bridgehead atoms. The third kappa shape index (κ3) is 2.37. The SMILES string of the molecule is CNC(c1ccc(F)cc1F)c1sccc1OC. The predicted octanol–water partition coefficient (Wildman–Crippen LogP) is 3.34. The molecule has 1 N–H and O–H groups in total. The maximum Gasteiger partial charge on any atom is 0.134 e. The number of hydrogen-bond acceptors (Lipinski definition) is 3. The second-order valence-electron chi connectivity index (χ2n) is 3.74. The number of methoxy groups -OCH3 is 1. The lowest BCUT2D eigenvalue weighted by Gasteiger charge is -2.17. The Hall–Kier alpha value is -1.46. The lowest BCUT2D eigenvalue weighted by atomic mass is 10.0. The lowest BCUT2D eigenvalue weighted by molar-refractivity contribution is 0.408. The molecule has 18 heavy (non-hydrogen) atoms. The van der Waals surface area contributed by atoms with Crippen molar-refractivity contribution in [3.05, 3.63) is 51.7 Å². The zero-order valence-electron chi connectivity index (χ0n) is 10.0. The minimum atomic E-state index is -0.579. The smallest absolute Gasteiger partial charge is 0.134 e. The topological polar surface area (TPSA) is 21.3 Å². The molecule has 0 radical (unpaired) electrons. The van der Waals surface area contributed by atoms with E-state index in [-0.39, 0.29) is 6.04 Å². The van der Waals surface area contributed by atoms with Crippen LogP contribution in [0.2, 0.25) is 0 Å². The average Bonchev–Trinajstić information content (AvgIpc) is 2.81. The van der Waals surface area contributed by atoms with E-state index >= 15 is 0 Å². The first-order valence-electron chi connectivity index (χ1n) is 5.41. The molecule has 1 aromatic heterocycles. The van der Waals surface area contributed by atoms with E-state index in [0.29, 0.717) is 11.3 Å². The first-order valence-corrected chi connectivity index (χ1v) is 6.29. The maximum absolute atomic E-state index is 13.8. The molecule has 0 aliphatic heterocycles. The number of ether oxygens (including phenoxy) is 1. The van der Waals surface area contributed by atoms with Gasteiger partial charge in [0.25, 0.3) is 0 Å². The van der Waals surface area contributed by atoms with E-state index in [1.165, 1.54) is 23.5 Å². The van der Waals surface area contributed by atoms with Gasteiger partial charge in [-0.3, -0.25) is 0 Å². The van der Waals surface area contributed by atoms with Gasteiger partial charge in [0, 0.05) is 11.6 Å². The Balaban J connectivity index is 2.45. The first-order chi connectivity index (χ1) is 8.67. The van der Waals surface area contributed by atoms with Gasteiger partial charge >= 0.3 is 0 Å². The van der Waals surface area contributed by atoms with Crippen molar-refractivity contribution in [3.63, 3.8) is 0 Å². The Morgan fingerprint density at radius 3 is 2.67 bits per heavy atom. The van der Waals surface area contributed by atoms with Crippen LogP contribution < -0.4 is 10.1 Å². The summed E-state index contributed by atoms with van der Waals surface area (Å²) >= 11 is 1.47. The summed E-state index contributed by atoms with van der Waals surface area (Å²) in [5.41, 5.74) is 0.402. The van der Waals surface area contributed by atoms with Gasteiger partial charge in [0.15, 0.2) is 0 Å². The largest absolute Gasteiger partial charge is 0.496 e. The fourth-order valence-electron chi connectivity index (χ4n) is 1.85. The molecule has 96 valence electrons. The molecule has 0 fully saturated rings. The van der Waals surface area contributed by atoms with Gasteiger partial charge in [0.2, 0.25) is 0 Å². The summed E-state index contributed by atoms with van der Waals surface area (Å²) in [5.74, 6) is -0.447. The van der Waals surface area contributed by atoms with Gasteiger partial charge in [0.05, 0.1) is 18.0 Å². The highest BCUT2D eigenvalue weighted by Crippen LogP contribution is 2.35. The highest BCUT2D eigenvalue weighted by molar-refractivity contribution is 7.10. The number of thiophene rings is 1. The molecule has 1 atom stereocenters. The molecule has 1 aromatic carbocycles. The Bertz CT molecular complexity index is 542. The van der Waals surface area contributed by atoms with Gasteiger partial charge in [-0.2, -0.15) is 0 Å². The summed E-state index contributed by atoms with van der Waals surface area (Å²) in [6.07, 6.45) is 0. The monoisotopic (exact) mass is 269 g/mol. The fourth-order valence-corrected chi connectivity index (χ4v) is 2.84. The van der Waals surface area contributed by atoms with E-state index in [1.807, 2.05) is 11.4 Å². The number of benzene rings is 1. The van der Waals surface area contributed by atoms with E-state index in [1.54, 1.807) is 14.2 Å². The van der Waals surface area contributed by atoms with Crippen LogP contribution in [0.5, 0.6) is 5.75 Å². The number of hydrogen-bond donors (Lipinski definition) is 1. The molecule has 0 saturated heterocycles. The quantitative estimate of drug-likeness (QED) is 0.919. The van der Waals surface area contributed by atoms with Crippen LogP contribution in [0.25, 0.3) is 0 Å². The van der Waals surface area contributed by atoms with Crippen LogP contribution in [0.15, 0.2) is 29.6 Å². The van der Waals surface area contributed by atoms with Crippen LogP contribution in [-0.2, 0) is 0 Å². The molecule has 2 aromatic rings. The highest BCUT2D eigenvalue weighted by atomic mass is 32.1. The van der Waals surface area contributed by atoms with E-state index in [0.717, 1.165) is 10.9 Å². The summed E-state index contributed by atoms with van der Waals surface area (Å²) in [4.78, 5) is 0.866. The number of rotatable bonds is 4. The van der Waals surface area contributed by atoms with Crippen molar-refractivity contribution in [3.8, 4) is 5.75 Å². The van der Waals surface area contributed by atoms with Gasteiger partial charge in [-0.15, -0.1) is 11.3 Å². The molecule has 5 heteroatoms. The fraction of sp³-hybridized carbons (Fsp3) is 0.231. The van der Waals surface area contributed by atoms with Crippen LogP contribution in [0.1, 0.15) is 16.5 Å². The van der Waals surface area contributed by atoms with Gasteiger partial charge in [-0.25, -0.2) is 8.78 Å². The second kappa shape index (κ2) is 5.46. The molecular weight excluding hydrogens is 256 g/mol. The van der Waals surface area contributed by atoms with Gasteiger partial charge in [-0.1, -0.05) is 6.07 Å². The van der Waals surface area contributed by atoms with E-state index in [2.05, 4.69) is 5.32 Å². The summed E-state index contributed by atoms with van der Waals surface area (Å²) < 4.78 is 31.9. The van der Waals surface area contributed by atoms with Crippen molar-refractivity contribution in [1.29, 1.82) is 0 Å². The summed E-state index contributed by atoms with van der Waals surface area (Å²) in [5, 5.41) is 4.90. The molecule has 0 saturated carbocycles. The molecular formula is C13H13F2NOS. The van der Waals surface area contributed by atoms with Crippen LogP contribution in [-0.4, -0.2) is 14.2 Å². The van der Waals surface area contributed by atoms with E-state index in [9.17, 15) is 8.78 Å². The summed E-state index contributed by atoms with van der Waals surface area (Å²) in [6, 6.07) is 5.07. The predicted molar refractivity (Wildman–Crippen MR) is 68.1 cm³/mol. The van der Waals surface area contributed by atoms with E-state index in [4.69, 9.17) is 4.74 Å². The van der Waals surface area contributed by atoms with Crippen molar-refractivity contribution in [1.82, 2.24) is 5.32 Å². The second-order valence-corrected chi connectivity index (χ2v) is 4.69. The average molecular weight is 269 g/mol. The molecule has 0 amide bonds. The van der Waals surface area contributed by atoms with Gasteiger partial charge in [0.1, 0.15) is 17.4 Å². The normalized spacial score (nSPS) is 12.4. The van der Waals surface area contributed by atoms with Crippen LogP contribution >= 0.6 is 11.3 Å². The minimum Gasteiger partial charge on any atom is -0.496 e. The van der Waals surface area contributed by atoms with Gasteiger partial charge in [-0.05, 0) is 24.6 Å². The van der Waals surface area contributed by atoms with E-state index < -0.39 is 11.6 Å². The first kappa shape index (κ1) is 13.0. The molecule has 1 unspecified atom stereocenters. The third-order valence-electron chi connectivity index (χ3n) is 2.70. The zero-order chi connectivity index (χ0) is 13.1. The lowest BCUT2D eigenvalue weighted by Crippen LogP contribution is -2.18. The van der Waals surface area contributed by atoms with Gasteiger partial charge < -0.3 is 10.1 Å². The minimum absolute atomic E-state index is 0.347. The third-order valence-corrected chi connectivity index (χ3v) is 3.66. The van der Waals surface area contributed by atoms with Crippen molar-refractivity contribution in [2.24, 2.45) is 0 Å². The molecule has 2 rings (SSSR count). The van der Waals surface area contributed by atoms with Crippen molar-refractivity contribution >= 4 is 11.3 Å². The highest BCUT2D eigenvalue weighted by Gasteiger charge is 2.21.